The molecule has 1 heterocycles. The summed E-state index contributed by atoms with van der Waals surface area (Å²) in [4.78, 5) is 0. The van der Waals surface area contributed by atoms with Crippen molar-refractivity contribution in [2.45, 2.75) is 20.0 Å². The second-order valence-electron chi connectivity index (χ2n) is 2.83. The maximum atomic E-state index is 5.38. The molecule has 0 bridgehead atoms. The Balaban J connectivity index is 2.44. The summed E-state index contributed by atoms with van der Waals surface area (Å²) in [6.45, 7) is 3.97. The van der Waals surface area contributed by atoms with E-state index >= 15 is 0 Å². The zero-order chi connectivity index (χ0) is 9.68. The first-order chi connectivity index (χ1) is 6.18. The molecule has 70 valence electrons. The van der Waals surface area contributed by atoms with Gasteiger partial charge in [-0.25, -0.2) is 0 Å². The van der Waals surface area contributed by atoms with E-state index in [9.17, 15) is 0 Å². The molecule has 0 aromatic carbocycles. The third kappa shape index (κ3) is 4.23. The predicted molar refractivity (Wildman–Crippen MR) is 49.0 cm³/mol. The molecule has 1 aromatic rings. The van der Waals surface area contributed by atoms with Crippen molar-refractivity contribution in [3.05, 3.63) is 30.2 Å². The molecular formula is C10H12CrO2. The van der Waals surface area contributed by atoms with Crippen molar-refractivity contribution in [1.29, 1.82) is 0 Å². The van der Waals surface area contributed by atoms with E-state index in [1.165, 1.54) is 0 Å². The quantitative estimate of drug-likeness (QED) is 0.771. The minimum absolute atomic E-state index is 0.192. The van der Waals surface area contributed by atoms with Crippen LogP contribution in [0.15, 0.2) is 28.9 Å². The van der Waals surface area contributed by atoms with Gasteiger partial charge in [-0.1, -0.05) is 0 Å². The Morgan fingerprint density at radius 2 is 2.38 bits per heavy atom. The van der Waals surface area contributed by atoms with Crippen LogP contribution in [0.2, 0.25) is 0 Å². The molecule has 0 saturated heterocycles. The monoisotopic (exact) mass is 216 g/mol. The second-order valence-corrected chi connectivity index (χ2v) is 3.46. The Kier molecular flexibility index (Phi) is 4.17. The first kappa shape index (κ1) is 10.5. The van der Waals surface area contributed by atoms with E-state index in [4.69, 9.17) is 9.15 Å². The van der Waals surface area contributed by atoms with Gasteiger partial charge in [-0.3, -0.25) is 0 Å². The van der Waals surface area contributed by atoms with Gasteiger partial charge in [-0.2, -0.15) is 0 Å². The minimum atomic E-state index is 0.192. The standard InChI is InChI=1S/C10H12O2.Cr/c1-9(2)11-7-3-5-10-6-4-8-12-10;/h3-6,8-9H,1-2H3;/b5-3+;. The van der Waals surface area contributed by atoms with Gasteiger partial charge in [-0.15, -0.1) is 0 Å². The molecule has 0 N–H and O–H groups in total. The van der Waals surface area contributed by atoms with E-state index in [1.54, 1.807) is 6.26 Å². The summed E-state index contributed by atoms with van der Waals surface area (Å²) >= 11 is 2.84. The van der Waals surface area contributed by atoms with E-state index < -0.39 is 0 Å². The molecule has 0 radical (unpaired) electrons. The predicted octanol–water partition coefficient (Wildman–Crippen LogP) is 2.39. The summed E-state index contributed by atoms with van der Waals surface area (Å²) in [6.07, 6.45) is 5.53. The van der Waals surface area contributed by atoms with Gasteiger partial charge in [0, 0.05) is 0 Å². The number of hydrogen-bond acceptors (Lipinski definition) is 2. The molecule has 0 aliphatic heterocycles. The van der Waals surface area contributed by atoms with Crippen LogP contribution < -0.4 is 0 Å². The molecule has 0 unspecified atom stereocenters. The molecule has 0 fully saturated rings. The van der Waals surface area contributed by atoms with Crippen molar-refractivity contribution >= 4 is 10.6 Å². The summed E-state index contributed by atoms with van der Waals surface area (Å²) in [5, 5.41) is 0. The molecule has 0 atom stereocenters. The fourth-order valence-electron chi connectivity index (χ4n) is 0.808. The fourth-order valence-corrected chi connectivity index (χ4v) is 1.21. The average molecular weight is 216 g/mol. The summed E-state index contributed by atoms with van der Waals surface area (Å²) in [7, 11) is 0. The molecule has 13 heavy (non-hydrogen) atoms. The summed E-state index contributed by atoms with van der Waals surface area (Å²) in [6, 6.07) is 3.74. The van der Waals surface area contributed by atoms with Crippen LogP contribution in [0.25, 0.3) is 6.08 Å². The summed E-state index contributed by atoms with van der Waals surface area (Å²) in [5.41, 5.74) is 0. The summed E-state index contributed by atoms with van der Waals surface area (Å²) in [5.74, 6) is 0.820. The molecule has 2 nitrogen and oxygen atoms in total. The van der Waals surface area contributed by atoms with Crippen LogP contribution in [0.1, 0.15) is 19.6 Å². The van der Waals surface area contributed by atoms with Crippen molar-refractivity contribution in [3.63, 3.8) is 0 Å². The van der Waals surface area contributed by atoms with Crippen LogP contribution >= 0.6 is 0 Å². The maximum absolute atomic E-state index is 5.38. The Morgan fingerprint density at radius 3 is 2.92 bits per heavy atom. The third-order valence-electron chi connectivity index (χ3n) is 1.28. The van der Waals surface area contributed by atoms with Gasteiger partial charge in [0.05, 0.1) is 0 Å². The Hall–Kier alpha value is -0.618. The molecule has 0 saturated carbocycles. The van der Waals surface area contributed by atoms with E-state index in [-0.39, 0.29) is 6.10 Å². The Bertz CT molecular complexity index is 286. The van der Waals surface area contributed by atoms with Crippen molar-refractivity contribution < 1.29 is 25.0 Å². The normalized spacial score (nSPS) is 11.3. The fraction of sp³-hybridized carbons (Fsp3) is 0.300. The van der Waals surface area contributed by atoms with Gasteiger partial charge in [0.15, 0.2) is 0 Å². The summed E-state index contributed by atoms with van der Waals surface area (Å²) < 4.78 is 11.3. The van der Waals surface area contributed by atoms with Crippen LogP contribution in [0.3, 0.4) is 0 Å². The van der Waals surface area contributed by atoms with Crippen LogP contribution in [0, 0.1) is 0 Å². The third-order valence-corrected chi connectivity index (χ3v) is 1.64. The molecule has 1 rings (SSSR count). The number of furan rings is 1. The number of ether oxygens (including phenoxy) is 1. The zero-order valence-electron chi connectivity index (χ0n) is 7.69. The van der Waals surface area contributed by atoms with Gasteiger partial charge in [-0.05, 0) is 0 Å². The average Bonchev–Trinajstić information content (AvgIpc) is 2.51. The molecule has 0 amide bonds. The second kappa shape index (κ2) is 5.19. The Labute approximate surface area is 86.2 Å². The van der Waals surface area contributed by atoms with Crippen LogP contribution in [-0.4, -0.2) is 10.7 Å². The van der Waals surface area contributed by atoms with Gasteiger partial charge in [0.25, 0.3) is 0 Å². The Morgan fingerprint density at radius 1 is 1.62 bits per heavy atom. The number of rotatable bonds is 4. The molecule has 3 heteroatoms. The van der Waals surface area contributed by atoms with Crippen molar-refractivity contribution in [1.82, 2.24) is 0 Å². The first-order valence-corrected chi connectivity index (χ1v) is 4.74. The van der Waals surface area contributed by atoms with Gasteiger partial charge in [0.1, 0.15) is 0 Å². The first-order valence-electron chi connectivity index (χ1n) is 4.10. The molecule has 0 aliphatic rings. The SMILES string of the molecule is CC(C)O[C](=[Cr])/C=C/c1ccco1. The van der Waals surface area contributed by atoms with Crippen LogP contribution in [0.5, 0.6) is 0 Å². The van der Waals surface area contributed by atoms with Crippen LogP contribution in [-0.2, 0) is 20.6 Å². The van der Waals surface area contributed by atoms with Crippen molar-refractivity contribution in [2.75, 3.05) is 0 Å². The van der Waals surface area contributed by atoms with E-state index in [0.29, 0.717) is 0 Å². The zero-order valence-corrected chi connectivity index (χ0v) is 8.96. The van der Waals surface area contributed by atoms with E-state index in [1.807, 2.05) is 38.1 Å². The van der Waals surface area contributed by atoms with Gasteiger partial charge < -0.3 is 0 Å². The number of hydrogen-bond donors (Lipinski definition) is 0. The van der Waals surface area contributed by atoms with Crippen molar-refractivity contribution in [3.8, 4) is 0 Å². The molecule has 0 aliphatic carbocycles. The van der Waals surface area contributed by atoms with E-state index in [2.05, 4.69) is 15.9 Å². The van der Waals surface area contributed by atoms with Gasteiger partial charge in [0.2, 0.25) is 0 Å². The van der Waals surface area contributed by atoms with E-state index in [0.717, 1.165) is 10.3 Å². The molecular weight excluding hydrogens is 204 g/mol. The molecule has 0 spiro atoms. The van der Waals surface area contributed by atoms with Gasteiger partial charge >= 0.3 is 85.8 Å². The topological polar surface area (TPSA) is 22.4 Å². The molecule has 1 aromatic heterocycles. The van der Waals surface area contributed by atoms with Crippen molar-refractivity contribution in [2.24, 2.45) is 0 Å². The van der Waals surface area contributed by atoms with Crippen LogP contribution in [0.4, 0.5) is 0 Å².